The molecule has 0 saturated carbocycles. The smallest absolute Gasteiger partial charge is 0.422 e. The highest BCUT2D eigenvalue weighted by Gasteiger charge is 2.28. The first-order valence-corrected chi connectivity index (χ1v) is 4.79. The highest BCUT2D eigenvalue weighted by molar-refractivity contribution is 5.36. The number of hydrogen-bond acceptors (Lipinski definition) is 3. The number of isocyanates is 1. The van der Waals surface area contributed by atoms with Crippen LogP contribution >= 0.6 is 0 Å². The van der Waals surface area contributed by atoms with Crippen LogP contribution in [0.2, 0.25) is 0 Å². The van der Waals surface area contributed by atoms with Crippen LogP contribution in [-0.2, 0) is 4.79 Å². The van der Waals surface area contributed by atoms with Gasteiger partial charge in [0.15, 0.2) is 6.61 Å². The van der Waals surface area contributed by atoms with Gasteiger partial charge in [-0.25, -0.2) is 4.79 Å². The fraction of sp³-hybridized carbons (Fsp3) is 0.364. The second kappa shape index (κ2) is 5.50. The molecule has 0 aromatic heterocycles. The molecule has 0 N–H and O–H groups in total. The maximum absolute atomic E-state index is 11.9. The molecule has 0 heterocycles. The minimum absolute atomic E-state index is 0.119. The first kappa shape index (κ1) is 13.3. The largest absolute Gasteiger partial charge is 0.484 e. The van der Waals surface area contributed by atoms with Crippen LogP contribution in [0.4, 0.5) is 13.2 Å². The SMILES string of the molecule is CC(N=C=O)c1ccc(OCC(F)(F)F)cc1. The summed E-state index contributed by atoms with van der Waals surface area (Å²) < 4.78 is 40.1. The molecule has 0 saturated heterocycles. The maximum Gasteiger partial charge on any atom is 0.422 e. The summed E-state index contributed by atoms with van der Waals surface area (Å²) in [6.45, 7) is 0.352. The number of aliphatic imine (C=N–C) groups is 1. The highest BCUT2D eigenvalue weighted by atomic mass is 19.4. The summed E-state index contributed by atoms with van der Waals surface area (Å²) in [6.07, 6.45) is -2.93. The van der Waals surface area contributed by atoms with Gasteiger partial charge in [-0.15, -0.1) is 0 Å². The monoisotopic (exact) mass is 245 g/mol. The second-order valence-corrected chi connectivity index (χ2v) is 3.37. The molecule has 0 spiro atoms. The van der Waals surface area contributed by atoms with Crippen LogP contribution in [-0.4, -0.2) is 18.9 Å². The Morgan fingerprint density at radius 1 is 1.35 bits per heavy atom. The van der Waals surface area contributed by atoms with E-state index in [2.05, 4.69) is 9.73 Å². The molecule has 92 valence electrons. The minimum Gasteiger partial charge on any atom is -0.484 e. The molecule has 0 bridgehead atoms. The van der Waals surface area contributed by atoms with E-state index in [-0.39, 0.29) is 11.8 Å². The molecule has 1 atom stereocenters. The molecule has 0 aliphatic carbocycles. The predicted molar refractivity (Wildman–Crippen MR) is 54.5 cm³/mol. The Balaban J connectivity index is 2.65. The molecular formula is C11H10F3NO2. The first-order chi connectivity index (χ1) is 7.92. The van der Waals surface area contributed by atoms with Crippen molar-refractivity contribution in [2.24, 2.45) is 4.99 Å². The van der Waals surface area contributed by atoms with E-state index < -0.39 is 12.8 Å². The van der Waals surface area contributed by atoms with Crippen molar-refractivity contribution in [2.75, 3.05) is 6.61 Å². The Labute approximate surface area is 95.9 Å². The molecule has 6 heteroatoms. The zero-order chi connectivity index (χ0) is 12.9. The number of halogens is 3. The zero-order valence-electron chi connectivity index (χ0n) is 8.99. The van der Waals surface area contributed by atoms with E-state index in [0.29, 0.717) is 5.56 Å². The van der Waals surface area contributed by atoms with Crippen molar-refractivity contribution < 1.29 is 22.7 Å². The fourth-order valence-corrected chi connectivity index (χ4v) is 1.16. The Kier molecular flexibility index (Phi) is 4.29. The lowest BCUT2D eigenvalue weighted by Crippen LogP contribution is -2.19. The van der Waals surface area contributed by atoms with Gasteiger partial charge >= 0.3 is 6.18 Å². The van der Waals surface area contributed by atoms with Gasteiger partial charge in [-0.1, -0.05) is 12.1 Å². The molecule has 1 unspecified atom stereocenters. The van der Waals surface area contributed by atoms with Crippen LogP contribution in [0.5, 0.6) is 5.75 Å². The molecule has 3 nitrogen and oxygen atoms in total. The molecule has 0 amide bonds. The number of hydrogen-bond donors (Lipinski definition) is 0. The molecule has 0 aliphatic heterocycles. The van der Waals surface area contributed by atoms with E-state index in [1.165, 1.54) is 18.2 Å². The molecule has 1 aromatic carbocycles. The molecule has 17 heavy (non-hydrogen) atoms. The standard InChI is InChI=1S/C11H10F3NO2/c1-8(15-7-16)9-2-4-10(5-3-9)17-6-11(12,13)14/h2-5,8H,6H2,1H3. The fourth-order valence-electron chi connectivity index (χ4n) is 1.16. The Morgan fingerprint density at radius 2 is 1.94 bits per heavy atom. The predicted octanol–water partition coefficient (Wildman–Crippen LogP) is 3.02. The third-order valence-corrected chi connectivity index (χ3v) is 2.01. The molecule has 1 aromatic rings. The average molecular weight is 245 g/mol. The van der Waals surface area contributed by atoms with Crippen molar-refractivity contribution in [2.45, 2.75) is 19.1 Å². The van der Waals surface area contributed by atoms with Gasteiger partial charge in [-0.2, -0.15) is 18.2 Å². The van der Waals surface area contributed by atoms with Gasteiger partial charge in [-0.05, 0) is 24.6 Å². The molecule has 0 radical (unpaired) electrons. The van der Waals surface area contributed by atoms with E-state index in [1.54, 1.807) is 19.1 Å². The average Bonchev–Trinajstić information content (AvgIpc) is 2.26. The van der Waals surface area contributed by atoms with Gasteiger partial charge in [-0.3, -0.25) is 0 Å². The van der Waals surface area contributed by atoms with Gasteiger partial charge < -0.3 is 4.74 Å². The number of benzene rings is 1. The third kappa shape index (κ3) is 4.70. The normalized spacial score (nSPS) is 12.7. The summed E-state index contributed by atoms with van der Waals surface area (Å²) >= 11 is 0. The molecule has 0 fully saturated rings. The summed E-state index contributed by atoms with van der Waals surface area (Å²) in [7, 11) is 0. The van der Waals surface area contributed by atoms with Gasteiger partial charge in [0.25, 0.3) is 0 Å². The summed E-state index contributed by atoms with van der Waals surface area (Å²) in [6, 6.07) is 5.54. The van der Waals surface area contributed by atoms with Crippen molar-refractivity contribution >= 4 is 6.08 Å². The number of carbonyl (C=O) groups excluding carboxylic acids is 1. The minimum atomic E-state index is -4.35. The maximum atomic E-state index is 11.9. The summed E-state index contributed by atoms with van der Waals surface area (Å²) in [4.78, 5) is 13.5. The Hall–Kier alpha value is -1.81. The summed E-state index contributed by atoms with van der Waals surface area (Å²) in [5.41, 5.74) is 0.702. The highest BCUT2D eigenvalue weighted by Crippen LogP contribution is 2.22. The van der Waals surface area contributed by atoms with Crippen LogP contribution in [0, 0.1) is 0 Å². The van der Waals surface area contributed by atoms with E-state index in [4.69, 9.17) is 0 Å². The van der Waals surface area contributed by atoms with Gasteiger partial charge in [0, 0.05) is 0 Å². The van der Waals surface area contributed by atoms with Crippen LogP contribution in [0.15, 0.2) is 29.3 Å². The molecule has 1 rings (SSSR count). The number of alkyl halides is 3. The lowest BCUT2D eigenvalue weighted by molar-refractivity contribution is -0.153. The quantitative estimate of drug-likeness (QED) is 0.604. The Morgan fingerprint density at radius 3 is 2.41 bits per heavy atom. The van der Waals surface area contributed by atoms with Crippen molar-refractivity contribution in [3.05, 3.63) is 29.8 Å². The molecule has 0 aliphatic rings. The van der Waals surface area contributed by atoms with Crippen LogP contribution in [0.1, 0.15) is 18.5 Å². The number of nitrogens with zero attached hydrogens (tertiary/aromatic N) is 1. The summed E-state index contributed by atoms with van der Waals surface area (Å²) in [5, 5.41) is 0. The lowest BCUT2D eigenvalue weighted by Gasteiger charge is -2.10. The third-order valence-electron chi connectivity index (χ3n) is 2.01. The van der Waals surface area contributed by atoms with Crippen molar-refractivity contribution in [1.82, 2.24) is 0 Å². The second-order valence-electron chi connectivity index (χ2n) is 3.37. The Bertz CT molecular complexity index is 408. The topological polar surface area (TPSA) is 38.7 Å². The lowest BCUT2D eigenvalue weighted by atomic mass is 10.1. The first-order valence-electron chi connectivity index (χ1n) is 4.79. The van der Waals surface area contributed by atoms with Crippen LogP contribution in [0.3, 0.4) is 0 Å². The van der Waals surface area contributed by atoms with Crippen molar-refractivity contribution in [1.29, 1.82) is 0 Å². The van der Waals surface area contributed by atoms with Crippen molar-refractivity contribution in [3.63, 3.8) is 0 Å². The summed E-state index contributed by atoms with van der Waals surface area (Å²) in [5.74, 6) is 0.119. The zero-order valence-corrected chi connectivity index (χ0v) is 8.99. The van der Waals surface area contributed by atoms with E-state index in [0.717, 1.165) is 0 Å². The van der Waals surface area contributed by atoms with Gasteiger partial charge in [0.05, 0.1) is 6.04 Å². The number of rotatable bonds is 4. The van der Waals surface area contributed by atoms with Gasteiger partial charge in [0.2, 0.25) is 6.08 Å². The van der Waals surface area contributed by atoms with Gasteiger partial charge in [0.1, 0.15) is 5.75 Å². The van der Waals surface area contributed by atoms with Crippen molar-refractivity contribution in [3.8, 4) is 5.75 Å². The molecular weight excluding hydrogens is 235 g/mol. The van der Waals surface area contributed by atoms with E-state index in [9.17, 15) is 18.0 Å². The van der Waals surface area contributed by atoms with Crippen LogP contribution < -0.4 is 4.74 Å². The number of ether oxygens (including phenoxy) is 1. The van der Waals surface area contributed by atoms with E-state index in [1.807, 2.05) is 0 Å². The van der Waals surface area contributed by atoms with E-state index >= 15 is 0 Å². The van der Waals surface area contributed by atoms with Crippen LogP contribution in [0.25, 0.3) is 0 Å².